The van der Waals surface area contributed by atoms with Crippen LogP contribution in [-0.2, 0) is 0 Å². The lowest BCUT2D eigenvalue weighted by Crippen LogP contribution is -2.37. The summed E-state index contributed by atoms with van der Waals surface area (Å²) in [7, 11) is 0. The van der Waals surface area contributed by atoms with Gasteiger partial charge in [0.2, 0.25) is 0 Å². The molecule has 152 valence electrons. The third-order valence-corrected chi connectivity index (χ3v) is 5.57. The molecule has 0 aliphatic carbocycles. The fraction of sp³-hybridized carbons (Fsp3) is 0.208. The Morgan fingerprint density at radius 2 is 1.67 bits per heavy atom. The van der Waals surface area contributed by atoms with Crippen LogP contribution in [0, 0.1) is 5.92 Å². The second-order valence-corrected chi connectivity index (χ2v) is 8.09. The summed E-state index contributed by atoms with van der Waals surface area (Å²) in [5.74, 6) is 0.117. The van der Waals surface area contributed by atoms with Gasteiger partial charge in [0.25, 0.3) is 5.91 Å². The first-order valence-electron chi connectivity index (χ1n) is 9.96. The molecule has 6 heteroatoms. The van der Waals surface area contributed by atoms with Gasteiger partial charge in [-0.1, -0.05) is 74.0 Å². The van der Waals surface area contributed by atoms with Crippen LogP contribution in [0.2, 0.25) is 5.02 Å². The largest absolute Gasteiger partial charge is 0.348 e. The summed E-state index contributed by atoms with van der Waals surface area (Å²) in [6.07, 6.45) is 0. The van der Waals surface area contributed by atoms with Crippen molar-refractivity contribution in [3.63, 3.8) is 0 Å². The van der Waals surface area contributed by atoms with Gasteiger partial charge in [-0.3, -0.25) is 4.79 Å². The van der Waals surface area contributed by atoms with E-state index in [0.717, 1.165) is 16.8 Å². The van der Waals surface area contributed by atoms with Crippen LogP contribution >= 0.6 is 11.6 Å². The Balaban J connectivity index is 1.89. The third-order valence-electron chi connectivity index (χ3n) is 5.24. The molecule has 2 aromatic carbocycles. The number of aromatic nitrogens is 3. The zero-order valence-corrected chi connectivity index (χ0v) is 17.9. The Kier molecular flexibility index (Phi) is 5.55. The monoisotopic (exact) mass is 418 g/mol. The third kappa shape index (κ3) is 3.94. The SMILES string of the molecule is CC(C)[C@@H](C)NC(=O)c1cc(-c2ccccc2Cl)nc2cc(-c3ccccc3)nn12. The van der Waals surface area contributed by atoms with E-state index in [4.69, 9.17) is 16.6 Å². The van der Waals surface area contributed by atoms with E-state index in [0.29, 0.717) is 28.0 Å². The van der Waals surface area contributed by atoms with Gasteiger partial charge in [-0.15, -0.1) is 0 Å². The van der Waals surface area contributed by atoms with Crippen LogP contribution in [0.25, 0.3) is 28.2 Å². The van der Waals surface area contributed by atoms with Crippen LogP contribution in [-0.4, -0.2) is 26.5 Å². The van der Waals surface area contributed by atoms with Gasteiger partial charge in [0.15, 0.2) is 5.65 Å². The lowest BCUT2D eigenvalue weighted by atomic mass is 10.1. The lowest BCUT2D eigenvalue weighted by Gasteiger charge is -2.18. The normalized spacial score (nSPS) is 12.3. The maximum absolute atomic E-state index is 13.2. The van der Waals surface area contributed by atoms with Crippen LogP contribution < -0.4 is 5.32 Å². The molecule has 4 rings (SSSR count). The van der Waals surface area contributed by atoms with Crippen LogP contribution in [0.3, 0.4) is 0 Å². The first kappa shape index (κ1) is 20.1. The van der Waals surface area contributed by atoms with E-state index in [9.17, 15) is 4.79 Å². The molecule has 0 bridgehead atoms. The van der Waals surface area contributed by atoms with E-state index in [1.165, 1.54) is 0 Å². The Morgan fingerprint density at radius 1 is 0.967 bits per heavy atom. The molecule has 0 aliphatic rings. The summed E-state index contributed by atoms with van der Waals surface area (Å²) < 4.78 is 1.60. The van der Waals surface area contributed by atoms with Crippen molar-refractivity contribution in [3.05, 3.63) is 77.4 Å². The minimum Gasteiger partial charge on any atom is -0.348 e. The Morgan fingerprint density at radius 3 is 2.37 bits per heavy atom. The molecule has 0 fully saturated rings. The lowest BCUT2D eigenvalue weighted by molar-refractivity contribution is 0.0923. The highest BCUT2D eigenvalue weighted by molar-refractivity contribution is 6.33. The van der Waals surface area contributed by atoms with E-state index in [1.807, 2.05) is 67.6 Å². The molecule has 1 N–H and O–H groups in total. The molecule has 0 unspecified atom stereocenters. The number of benzene rings is 2. The quantitative estimate of drug-likeness (QED) is 0.466. The zero-order chi connectivity index (χ0) is 21.3. The molecule has 30 heavy (non-hydrogen) atoms. The first-order chi connectivity index (χ1) is 14.4. The first-order valence-corrected chi connectivity index (χ1v) is 10.3. The van der Waals surface area contributed by atoms with Crippen molar-refractivity contribution in [1.82, 2.24) is 19.9 Å². The van der Waals surface area contributed by atoms with Crippen molar-refractivity contribution >= 4 is 23.2 Å². The average Bonchev–Trinajstić information content (AvgIpc) is 3.18. The number of rotatable bonds is 5. The predicted molar refractivity (Wildman–Crippen MR) is 121 cm³/mol. The van der Waals surface area contributed by atoms with Crippen molar-refractivity contribution in [2.45, 2.75) is 26.8 Å². The van der Waals surface area contributed by atoms with Gasteiger partial charge >= 0.3 is 0 Å². The number of fused-ring (bicyclic) bond motifs is 1. The van der Waals surface area contributed by atoms with Gasteiger partial charge in [-0.25, -0.2) is 9.50 Å². The summed E-state index contributed by atoms with van der Waals surface area (Å²) in [4.78, 5) is 17.9. The molecule has 2 heterocycles. The molecule has 0 radical (unpaired) electrons. The Labute approximate surface area is 180 Å². The van der Waals surface area contributed by atoms with Crippen LogP contribution in [0.15, 0.2) is 66.7 Å². The molecule has 2 aromatic heterocycles. The number of nitrogens with zero attached hydrogens (tertiary/aromatic N) is 3. The number of nitrogens with one attached hydrogen (secondary N) is 1. The number of hydrogen-bond donors (Lipinski definition) is 1. The molecule has 0 saturated carbocycles. The van der Waals surface area contributed by atoms with Gasteiger partial charge in [0, 0.05) is 28.3 Å². The Bertz CT molecular complexity index is 1200. The summed E-state index contributed by atoms with van der Waals surface area (Å²) in [6, 6.07) is 21.0. The Hall–Kier alpha value is -3.18. The summed E-state index contributed by atoms with van der Waals surface area (Å²) in [5, 5.41) is 8.33. The van der Waals surface area contributed by atoms with Crippen molar-refractivity contribution in [2.24, 2.45) is 5.92 Å². The summed E-state index contributed by atoms with van der Waals surface area (Å²) in [5.41, 5.74) is 4.14. The van der Waals surface area contributed by atoms with Gasteiger partial charge in [-0.05, 0) is 25.0 Å². The fourth-order valence-corrected chi connectivity index (χ4v) is 3.37. The van der Waals surface area contributed by atoms with Crippen molar-refractivity contribution in [2.75, 3.05) is 0 Å². The van der Waals surface area contributed by atoms with E-state index in [1.54, 1.807) is 10.6 Å². The number of amides is 1. The fourth-order valence-electron chi connectivity index (χ4n) is 3.14. The average molecular weight is 419 g/mol. The minimum absolute atomic E-state index is 0.0219. The van der Waals surface area contributed by atoms with Gasteiger partial charge < -0.3 is 5.32 Å². The topological polar surface area (TPSA) is 59.3 Å². The molecule has 0 aliphatic heterocycles. The smallest absolute Gasteiger partial charge is 0.270 e. The van der Waals surface area contributed by atoms with Crippen LogP contribution in [0.5, 0.6) is 0 Å². The van der Waals surface area contributed by atoms with Crippen molar-refractivity contribution in [3.8, 4) is 22.5 Å². The highest BCUT2D eigenvalue weighted by Gasteiger charge is 2.20. The molecule has 1 atom stereocenters. The second kappa shape index (κ2) is 8.28. The molecule has 0 spiro atoms. The minimum atomic E-state index is -0.195. The molecule has 1 amide bonds. The van der Waals surface area contributed by atoms with E-state index in [2.05, 4.69) is 24.3 Å². The molecular weight excluding hydrogens is 396 g/mol. The maximum atomic E-state index is 13.2. The summed E-state index contributed by atoms with van der Waals surface area (Å²) >= 11 is 6.41. The zero-order valence-electron chi connectivity index (χ0n) is 17.1. The number of carbonyl (C=O) groups is 1. The standard InChI is InChI=1S/C24H23ClN4O/c1-15(2)16(3)26-24(30)22-13-21(18-11-7-8-12-19(18)25)27-23-14-20(28-29(22)23)17-9-5-4-6-10-17/h4-16H,1-3H3,(H,26,30)/t16-/m1/s1. The van der Waals surface area contributed by atoms with Gasteiger partial charge in [0.1, 0.15) is 5.69 Å². The summed E-state index contributed by atoms with van der Waals surface area (Å²) in [6.45, 7) is 6.14. The highest BCUT2D eigenvalue weighted by Crippen LogP contribution is 2.28. The number of halogens is 1. The van der Waals surface area contributed by atoms with Crippen molar-refractivity contribution < 1.29 is 4.79 Å². The van der Waals surface area contributed by atoms with E-state index < -0.39 is 0 Å². The molecule has 4 aromatic rings. The van der Waals surface area contributed by atoms with E-state index in [-0.39, 0.29) is 11.9 Å². The van der Waals surface area contributed by atoms with E-state index >= 15 is 0 Å². The van der Waals surface area contributed by atoms with Gasteiger partial charge in [-0.2, -0.15) is 5.10 Å². The second-order valence-electron chi connectivity index (χ2n) is 7.68. The maximum Gasteiger partial charge on any atom is 0.270 e. The number of carbonyl (C=O) groups excluding carboxylic acids is 1. The number of hydrogen-bond acceptors (Lipinski definition) is 3. The molecular formula is C24H23ClN4O. The van der Waals surface area contributed by atoms with Gasteiger partial charge in [0.05, 0.1) is 11.4 Å². The van der Waals surface area contributed by atoms with Crippen LogP contribution in [0.1, 0.15) is 31.3 Å². The predicted octanol–water partition coefficient (Wildman–Crippen LogP) is 5.49. The van der Waals surface area contributed by atoms with Crippen LogP contribution in [0.4, 0.5) is 0 Å². The van der Waals surface area contributed by atoms with Crippen molar-refractivity contribution in [1.29, 1.82) is 0 Å². The highest BCUT2D eigenvalue weighted by atomic mass is 35.5. The molecule has 0 saturated heterocycles. The molecule has 5 nitrogen and oxygen atoms in total.